The maximum Gasteiger partial charge on any atom is 0.160 e. The molecule has 7 aromatic carbocycles. The first-order valence-electron chi connectivity index (χ1n) is 18.3. The predicted octanol–water partition coefficient (Wildman–Crippen LogP) is 12.4. The van der Waals surface area contributed by atoms with E-state index in [0.717, 1.165) is 55.9 Å². The Morgan fingerprint density at radius 2 is 1.15 bits per heavy atom. The summed E-state index contributed by atoms with van der Waals surface area (Å²) in [5, 5.41) is 12.8. The first kappa shape index (κ1) is 31.6. The minimum atomic E-state index is -0.179. The predicted molar refractivity (Wildman–Crippen MR) is 220 cm³/mol. The third-order valence-corrected chi connectivity index (χ3v) is 11.0. The van der Waals surface area contributed by atoms with Crippen molar-refractivity contribution < 1.29 is 0 Å². The van der Waals surface area contributed by atoms with E-state index in [1.54, 1.807) is 0 Å². The molecule has 0 saturated carbocycles. The zero-order valence-electron chi connectivity index (χ0n) is 30.0. The normalized spacial score (nSPS) is 12.8. The molecule has 9 aromatic rings. The van der Waals surface area contributed by atoms with E-state index in [1.165, 1.54) is 33.0 Å². The quantitative estimate of drug-likeness (QED) is 0.181. The highest BCUT2D eigenvalue weighted by Crippen LogP contribution is 2.53. The molecule has 254 valence electrons. The summed E-state index contributed by atoms with van der Waals surface area (Å²) < 4.78 is 2.39. The topological polar surface area (TPSA) is 54.5 Å². The molecular weight excluding hydrogens is 657 g/mol. The van der Waals surface area contributed by atoms with Gasteiger partial charge in [-0.2, -0.15) is 5.26 Å². The molecule has 2 aromatic heterocycles. The van der Waals surface area contributed by atoms with Crippen LogP contribution in [0.25, 0.3) is 83.6 Å². The van der Waals surface area contributed by atoms with Crippen molar-refractivity contribution in [2.24, 2.45) is 0 Å². The zero-order chi connectivity index (χ0) is 36.4. The van der Waals surface area contributed by atoms with Gasteiger partial charge < -0.3 is 4.57 Å². The van der Waals surface area contributed by atoms with Gasteiger partial charge in [-0.25, -0.2) is 9.97 Å². The van der Waals surface area contributed by atoms with Crippen LogP contribution in [-0.2, 0) is 5.41 Å². The Labute approximate surface area is 314 Å². The number of nitriles is 1. The van der Waals surface area contributed by atoms with E-state index in [1.807, 2.05) is 60.7 Å². The minimum Gasteiger partial charge on any atom is -0.309 e. The molecule has 0 fully saturated rings. The summed E-state index contributed by atoms with van der Waals surface area (Å²) in [5.74, 6) is 0.658. The first-order valence-corrected chi connectivity index (χ1v) is 18.3. The molecule has 0 saturated heterocycles. The molecule has 1 aliphatic rings. The van der Waals surface area contributed by atoms with Gasteiger partial charge in [-0.05, 0) is 75.8 Å². The monoisotopic (exact) mass is 690 g/mol. The van der Waals surface area contributed by atoms with E-state index in [2.05, 4.69) is 134 Å². The number of hydrogen-bond acceptors (Lipinski definition) is 3. The molecule has 1 aliphatic carbocycles. The summed E-state index contributed by atoms with van der Waals surface area (Å²) in [5.41, 5.74) is 15.4. The van der Waals surface area contributed by atoms with Gasteiger partial charge in [-0.1, -0.05) is 141 Å². The van der Waals surface area contributed by atoms with Gasteiger partial charge in [0.05, 0.1) is 34.1 Å². The molecule has 0 atom stereocenters. The largest absolute Gasteiger partial charge is 0.309 e. The number of benzene rings is 7. The Bertz CT molecular complexity index is 2910. The highest BCUT2D eigenvalue weighted by molar-refractivity contribution is 6.14. The van der Waals surface area contributed by atoms with E-state index < -0.39 is 0 Å². The van der Waals surface area contributed by atoms with Gasteiger partial charge >= 0.3 is 0 Å². The zero-order valence-corrected chi connectivity index (χ0v) is 30.0. The van der Waals surface area contributed by atoms with E-state index in [-0.39, 0.29) is 5.41 Å². The van der Waals surface area contributed by atoms with Crippen LogP contribution in [0.15, 0.2) is 170 Å². The summed E-state index contributed by atoms with van der Waals surface area (Å²) in [7, 11) is 0. The fourth-order valence-electron chi connectivity index (χ4n) is 8.55. The van der Waals surface area contributed by atoms with Gasteiger partial charge in [-0.3, -0.25) is 0 Å². The fourth-order valence-corrected chi connectivity index (χ4v) is 8.55. The van der Waals surface area contributed by atoms with Gasteiger partial charge in [0.1, 0.15) is 0 Å². The molecule has 0 unspecified atom stereocenters. The van der Waals surface area contributed by atoms with E-state index >= 15 is 0 Å². The summed E-state index contributed by atoms with van der Waals surface area (Å²) in [6.45, 7) is 4.70. The molecule has 2 heterocycles. The van der Waals surface area contributed by atoms with Crippen molar-refractivity contribution in [2.45, 2.75) is 19.3 Å². The summed E-state index contributed by atoms with van der Waals surface area (Å²) >= 11 is 0. The molecule has 0 spiro atoms. The highest BCUT2D eigenvalue weighted by Gasteiger charge is 2.38. The Hall–Kier alpha value is -7.09. The first-order chi connectivity index (χ1) is 26.5. The van der Waals surface area contributed by atoms with Gasteiger partial charge in [0.2, 0.25) is 0 Å². The van der Waals surface area contributed by atoms with Crippen LogP contribution in [0.2, 0.25) is 0 Å². The number of rotatable bonds is 5. The number of aromatic nitrogens is 3. The van der Waals surface area contributed by atoms with E-state index in [0.29, 0.717) is 11.4 Å². The summed E-state index contributed by atoms with van der Waals surface area (Å²) in [6, 6.07) is 61.5. The second kappa shape index (κ2) is 12.3. The Kier molecular flexibility index (Phi) is 7.18. The lowest BCUT2D eigenvalue weighted by Gasteiger charge is -2.22. The van der Waals surface area contributed by atoms with Crippen LogP contribution in [0.1, 0.15) is 30.5 Å². The van der Waals surface area contributed by atoms with Crippen LogP contribution in [0, 0.1) is 11.3 Å². The second-order valence-electron chi connectivity index (χ2n) is 14.5. The van der Waals surface area contributed by atoms with Gasteiger partial charge in [0.15, 0.2) is 5.82 Å². The van der Waals surface area contributed by atoms with Crippen LogP contribution < -0.4 is 0 Å². The third-order valence-electron chi connectivity index (χ3n) is 11.0. The smallest absolute Gasteiger partial charge is 0.160 e. The van der Waals surface area contributed by atoms with Crippen molar-refractivity contribution in [1.29, 1.82) is 5.26 Å². The fraction of sp³-hybridized carbons (Fsp3) is 0.0600. The van der Waals surface area contributed by atoms with Crippen LogP contribution in [0.3, 0.4) is 0 Å². The van der Waals surface area contributed by atoms with Crippen LogP contribution >= 0.6 is 0 Å². The van der Waals surface area contributed by atoms with Gasteiger partial charge in [-0.15, -0.1) is 0 Å². The van der Waals surface area contributed by atoms with Crippen molar-refractivity contribution in [3.05, 3.63) is 187 Å². The Balaban J connectivity index is 1.28. The van der Waals surface area contributed by atoms with Gasteiger partial charge in [0.25, 0.3) is 0 Å². The SMILES string of the molecule is CC1(C)c2ccccc2-c2ccc3c(c21)c1ccccc1n3-c1cc(-c2cc(-c3ccccc3)nc(-c3ccccc3)n2)cc(-c2ccccc2C#N)c1. The number of fused-ring (bicyclic) bond motifs is 7. The number of hydrogen-bond donors (Lipinski definition) is 0. The molecule has 4 heteroatoms. The maximum atomic E-state index is 10.3. The Morgan fingerprint density at radius 1 is 0.519 bits per heavy atom. The van der Waals surface area contributed by atoms with Crippen molar-refractivity contribution >= 4 is 21.8 Å². The average molecular weight is 691 g/mol. The molecule has 0 aliphatic heterocycles. The van der Waals surface area contributed by atoms with Crippen LogP contribution in [-0.4, -0.2) is 14.5 Å². The lowest BCUT2D eigenvalue weighted by Crippen LogP contribution is -2.15. The van der Waals surface area contributed by atoms with Crippen molar-refractivity contribution in [3.63, 3.8) is 0 Å². The highest BCUT2D eigenvalue weighted by atomic mass is 15.0. The van der Waals surface area contributed by atoms with Crippen molar-refractivity contribution in [2.75, 3.05) is 0 Å². The summed E-state index contributed by atoms with van der Waals surface area (Å²) in [4.78, 5) is 10.3. The molecule has 4 nitrogen and oxygen atoms in total. The Morgan fingerprint density at radius 3 is 1.93 bits per heavy atom. The lowest BCUT2D eigenvalue weighted by atomic mass is 9.80. The molecule has 0 radical (unpaired) electrons. The number of para-hydroxylation sites is 1. The molecule has 0 N–H and O–H groups in total. The second-order valence-corrected chi connectivity index (χ2v) is 14.5. The molecule has 10 rings (SSSR count). The van der Waals surface area contributed by atoms with Crippen LogP contribution in [0.5, 0.6) is 0 Å². The average Bonchev–Trinajstić information content (AvgIpc) is 3.69. The number of nitrogens with zero attached hydrogens (tertiary/aromatic N) is 4. The van der Waals surface area contributed by atoms with Crippen molar-refractivity contribution in [1.82, 2.24) is 14.5 Å². The van der Waals surface area contributed by atoms with E-state index in [9.17, 15) is 5.26 Å². The molecule has 0 bridgehead atoms. The third kappa shape index (κ3) is 4.90. The van der Waals surface area contributed by atoms with E-state index in [4.69, 9.17) is 9.97 Å². The standard InChI is InChI=1S/C50H34N4/c1-50(2)42-23-13-11-21-39(42)40-25-26-46-47(48(40)50)41-22-12-14-24-45(41)54(46)37-28-35(38-20-10-9-19-34(38)31-51)27-36(29-37)44-30-43(32-15-5-3-6-16-32)52-49(53-44)33-17-7-4-8-18-33/h3-30H,1-2H3. The van der Waals surface area contributed by atoms with Gasteiger partial charge in [0, 0.05) is 38.6 Å². The minimum absolute atomic E-state index is 0.179. The molecule has 54 heavy (non-hydrogen) atoms. The maximum absolute atomic E-state index is 10.3. The molecular formula is C50H34N4. The van der Waals surface area contributed by atoms with Crippen LogP contribution in [0.4, 0.5) is 0 Å². The van der Waals surface area contributed by atoms with Crippen molar-refractivity contribution in [3.8, 4) is 67.9 Å². The lowest BCUT2D eigenvalue weighted by molar-refractivity contribution is 0.666. The summed E-state index contributed by atoms with van der Waals surface area (Å²) in [6.07, 6.45) is 0. The molecule has 0 amide bonds.